The first-order valence-corrected chi connectivity index (χ1v) is 5.94. The fourth-order valence-corrected chi connectivity index (χ4v) is 1.99. The van der Waals surface area contributed by atoms with Crippen LogP contribution in [0, 0.1) is 6.92 Å². The third-order valence-electron chi connectivity index (χ3n) is 2.29. The zero-order chi connectivity index (χ0) is 12.3. The van der Waals surface area contributed by atoms with Gasteiger partial charge >= 0.3 is 0 Å². The first kappa shape index (κ1) is 11.6. The number of nitrogens with one attached hydrogen (secondary N) is 1. The lowest BCUT2D eigenvalue weighted by atomic mass is 10.3. The number of carbonyl (C=O) groups excluding carboxylic acids is 1. The predicted molar refractivity (Wildman–Crippen MR) is 67.8 cm³/mol. The Balaban J connectivity index is 2.16. The lowest BCUT2D eigenvalue weighted by Gasteiger charge is -2.05. The molecule has 1 N–H and O–H groups in total. The summed E-state index contributed by atoms with van der Waals surface area (Å²) in [5.74, 6) is 0.509. The number of benzene rings is 1. The number of ether oxygens (including phenoxy) is 1. The summed E-state index contributed by atoms with van der Waals surface area (Å²) in [5.41, 5.74) is 2.83. The van der Waals surface area contributed by atoms with E-state index < -0.39 is 0 Å². The summed E-state index contributed by atoms with van der Waals surface area (Å²) < 4.78 is 5.09. The molecule has 0 atom stereocenters. The highest BCUT2D eigenvalue weighted by atomic mass is 32.1. The third-order valence-corrected chi connectivity index (χ3v) is 3.05. The van der Waals surface area contributed by atoms with Gasteiger partial charge in [0.1, 0.15) is 11.4 Å². The molecule has 0 saturated carbocycles. The van der Waals surface area contributed by atoms with E-state index in [-0.39, 0.29) is 5.91 Å². The van der Waals surface area contributed by atoms with Crippen LogP contribution in [-0.2, 0) is 0 Å². The number of aromatic nitrogens is 1. The average Bonchev–Trinajstić information content (AvgIpc) is 2.76. The van der Waals surface area contributed by atoms with E-state index in [0.717, 1.165) is 4.88 Å². The van der Waals surface area contributed by atoms with Crippen molar-refractivity contribution < 1.29 is 9.53 Å². The van der Waals surface area contributed by atoms with Crippen molar-refractivity contribution in [3.63, 3.8) is 0 Å². The number of rotatable bonds is 3. The summed E-state index contributed by atoms with van der Waals surface area (Å²) in [4.78, 5) is 16.8. The molecule has 0 aliphatic rings. The van der Waals surface area contributed by atoms with Crippen molar-refractivity contribution in [1.82, 2.24) is 4.98 Å². The van der Waals surface area contributed by atoms with Crippen molar-refractivity contribution in [2.75, 3.05) is 12.4 Å². The molecule has 4 nitrogen and oxygen atoms in total. The van der Waals surface area contributed by atoms with Crippen molar-refractivity contribution in [2.24, 2.45) is 0 Å². The summed E-state index contributed by atoms with van der Waals surface area (Å²) in [6, 6.07) is 7.22. The molecule has 0 radical (unpaired) electrons. The summed E-state index contributed by atoms with van der Waals surface area (Å²) in [7, 11) is 1.59. The van der Waals surface area contributed by atoms with E-state index in [9.17, 15) is 4.79 Å². The number of amides is 1. The molecule has 5 heteroatoms. The maximum Gasteiger partial charge on any atom is 0.275 e. The van der Waals surface area contributed by atoms with Crippen LogP contribution in [0.1, 0.15) is 15.4 Å². The molecule has 88 valence electrons. The lowest BCUT2D eigenvalue weighted by molar-refractivity contribution is 0.102. The number of thiazole rings is 1. The summed E-state index contributed by atoms with van der Waals surface area (Å²) >= 11 is 1.45. The number of hydrogen-bond acceptors (Lipinski definition) is 4. The zero-order valence-electron chi connectivity index (χ0n) is 9.56. The average molecular weight is 248 g/mol. The molecule has 0 aliphatic carbocycles. The Labute approximate surface area is 103 Å². The van der Waals surface area contributed by atoms with Gasteiger partial charge in [-0.05, 0) is 19.1 Å². The molecule has 0 saturated heterocycles. The molecule has 1 amide bonds. The molecule has 0 unspecified atom stereocenters. The van der Waals surface area contributed by atoms with Crippen molar-refractivity contribution in [3.05, 3.63) is 40.3 Å². The maximum atomic E-state index is 11.9. The Bertz CT molecular complexity index is 537. The molecule has 1 aromatic carbocycles. The van der Waals surface area contributed by atoms with E-state index in [1.807, 2.05) is 25.1 Å². The maximum absolute atomic E-state index is 11.9. The minimum Gasteiger partial charge on any atom is -0.497 e. The van der Waals surface area contributed by atoms with Crippen LogP contribution >= 0.6 is 11.3 Å². The zero-order valence-corrected chi connectivity index (χ0v) is 10.4. The molecule has 1 aromatic heterocycles. The van der Waals surface area contributed by atoms with Gasteiger partial charge in [-0.15, -0.1) is 11.3 Å². The number of nitrogens with zero attached hydrogens (tertiary/aromatic N) is 1. The lowest BCUT2D eigenvalue weighted by Crippen LogP contribution is -2.13. The number of methoxy groups -OCH3 is 1. The van der Waals surface area contributed by atoms with E-state index >= 15 is 0 Å². The molecule has 17 heavy (non-hydrogen) atoms. The van der Waals surface area contributed by atoms with Gasteiger partial charge in [-0.2, -0.15) is 0 Å². The second-order valence-electron chi connectivity index (χ2n) is 3.44. The summed E-state index contributed by atoms with van der Waals surface area (Å²) in [5, 5.41) is 2.79. The molecule has 0 bridgehead atoms. The van der Waals surface area contributed by atoms with Gasteiger partial charge in [0, 0.05) is 16.6 Å². The van der Waals surface area contributed by atoms with Crippen LogP contribution in [0.25, 0.3) is 0 Å². The molecule has 2 aromatic rings. The largest absolute Gasteiger partial charge is 0.497 e. The highest BCUT2D eigenvalue weighted by Gasteiger charge is 2.12. The second kappa shape index (κ2) is 4.97. The molecule has 0 aliphatic heterocycles. The molecular weight excluding hydrogens is 236 g/mol. The number of aryl methyl sites for hydroxylation is 1. The fraction of sp³-hybridized carbons (Fsp3) is 0.167. The molecule has 1 heterocycles. The second-order valence-corrected chi connectivity index (χ2v) is 4.50. The van der Waals surface area contributed by atoms with Gasteiger partial charge in [0.25, 0.3) is 5.91 Å². The third kappa shape index (κ3) is 2.62. The van der Waals surface area contributed by atoms with Crippen molar-refractivity contribution in [2.45, 2.75) is 6.92 Å². The quantitative estimate of drug-likeness (QED) is 0.908. The van der Waals surface area contributed by atoms with Crippen LogP contribution in [0.15, 0.2) is 29.8 Å². The minimum atomic E-state index is -0.197. The van der Waals surface area contributed by atoms with Gasteiger partial charge in [0.15, 0.2) is 0 Å². The Morgan fingerprint density at radius 1 is 1.47 bits per heavy atom. The first-order chi connectivity index (χ1) is 8.20. The Kier molecular flexibility index (Phi) is 3.39. The fourth-order valence-electron chi connectivity index (χ4n) is 1.41. The van der Waals surface area contributed by atoms with Crippen LogP contribution in [0.2, 0.25) is 0 Å². The van der Waals surface area contributed by atoms with Crippen LogP contribution in [0.3, 0.4) is 0 Å². The van der Waals surface area contributed by atoms with Crippen LogP contribution in [0.5, 0.6) is 5.75 Å². The van der Waals surface area contributed by atoms with Gasteiger partial charge < -0.3 is 10.1 Å². The normalized spacial score (nSPS) is 10.0. The Morgan fingerprint density at radius 2 is 2.29 bits per heavy atom. The first-order valence-electron chi connectivity index (χ1n) is 5.06. The monoisotopic (exact) mass is 248 g/mol. The number of anilines is 1. The molecular formula is C12H12N2O2S. The van der Waals surface area contributed by atoms with Crippen molar-refractivity contribution >= 4 is 22.9 Å². The predicted octanol–water partition coefficient (Wildman–Crippen LogP) is 2.71. The highest BCUT2D eigenvalue weighted by Crippen LogP contribution is 2.18. The van der Waals surface area contributed by atoms with Gasteiger partial charge in [-0.1, -0.05) is 6.07 Å². The van der Waals surface area contributed by atoms with Gasteiger partial charge in [-0.3, -0.25) is 4.79 Å². The van der Waals surface area contributed by atoms with Crippen molar-refractivity contribution in [1.29, 1.82) is 0 Å². The van der Waals surface area contributed by atoms with Gasteiger partial charge in [0.05, 0.1) is 12.6 Å². The Hall–Kier alpha value is -1.88. The van der Waals surface area contributed by atoms with E-state index in [4.69, 9.17) is 4.74 Å². The topological polar surface area (TPSA) is 51.2 Å². The van der Waals surface area contributed by atoms with Crippen LogP contribution < -0.4 is 10.1 Å². The highest BCUT2D eigenvalue weighted by molar-refractivity contribution is 7.09. The van der Waals surface area contributed by atoms with E-state index in [1.54, 1.807) is 18.7 Å². The van der Waals surface area contributed by atoms with Gasteiger partial charge in [-0.25, -0.2) is 4.98 Å². The van der Waals surface area contributed by atoms with Gasteiger partial charge in [0.2, 0.25) is 0 Å². The smallest absolute Gasteiger partial charge is 0.275 e. The van der Waals surface area contributed by atoms with E-state index in [0.29, 0.717) is 17.1 Å². The SMILES string of the molecule is COc1cccc(NC(=O)c2ncsc2C)c1. The van der Waals surface area contributed by atoms with Crippen LogP contribution in [0.4, 0.5) is 5.69 Å². The molecule has 0 fully saturated rings. The number of carbonyl (C=O) groups is 1. The Morgan fingerprint density at radius 3 is 2.94 bits per heavy atom. The summed E-state index contributed by atoms with van der Waals surface area (Å²) in [6.07, 6.45) is 0. The molecule has 0 spiro atoms. The molecule has 2 rings (SSSR count). The van der Waals surface area contributed by atoms with E-state index in [2.05, 4.69) is 10.3 Å². The summed E-state index contributed by atoms with van der Waals surface area (Å²) in [6.45, 7) is 1.87. The number of hydrogen-bond donors (Lipinski definition) is 1. The van der Waals surface area contributed by atoms with Crippen molar-refractivity contribution in [3.8, 4) is 5.75 Å². The minimum absolute atomic E-state index is 0.197. The van der Waals surface area contributed by atoms with Crippen LogP contribution in [-0.4, -0.2) is 18.0 Å². The van der Waals surface area contributed by atoms with E-state index in [1.165, 1.54) is 11.3 Å². The standard InChI is InChI=1S/C12H12N2O2S/c1-8-11(13-7-17-8)12(15)14-9-4-3-5-10(6-9)16-2/h3-7H,1-2H3,(H,14,15).